The Labute approximate surface area is 112 Å². The Morgan fingerprint density at radius 1 is 1.47 bits per heavy atom. The molecule has 1 saturated heterocycles. The number of nitrogens with zero attached hydrogens (tertiary/aromatic N) is 1. The molecular formula is C14H19NO4. The normalized spacial score (nSPS) is 18.2. The van der Waals surface area contributed by atoms with Gasteiger partial charge in [-0.1, -0.05) is 0 Å². The number of ether oxygens (including phenoxy) is 2. The number of hydrogen-bond donors (Lipinski definition) is 1. The third-order valence-electron chi connectivity index (χ3n) is 3.32. The predicted octanol–water partition coefficient (Wildman–Crippen LogP) is 1.65. The lowest BCUT2D eigenvalue weighted by molar-refractivity contribution is -0.0370. The first kappa shape index (κ1) is 13.7. The first-order valence-electron chi connectivity index (χ1n) is 6.22. The minimum Gasteiger partial charge on any atom is -0.504 e. The minimum atomic E-state index is -0.342. The maximum atomic E-state index is 12.5. The molecule has 0 saturated carbocycles. The van der Waals surface area contributed by atoms with E-state index in [4.69, 9.17) is 9.47 Å². The van der Waals surface area contributed by atoms with Gasteiger partial charge in [-0.05, 0) is 32.0 Å². The largest absolute Gasteiger partial charge is 0.504 e. The van der Waals surface area contributed by atoms with Crippen molar-refractivity contribution < 1.29 is 19.4 Å². The zero-order chi connectivity index (χ0) is 14.0. The van der Waals surface area contributed by atoms with Crippen molar-refractivity contribution in [1.29, 1.82) is 0 Å². The lowest BCUT2D eigenvalue weighted by atomic mass is 10.0. The summed E-state index contributed by atoms with van der Waals surface area (Å²) < 4.78 is 10.4. The molecule has 1 fully saturated rings. The number of benzene rings is 1. The van der Waals surface area contributed by atoms with Gasteiger partial charge in [0.25, 0.3) is 5.91 Å². The van der Waals surface area contributed by atoms with E-state index in [1.807, 2.05) is 13.8 Å². The molecule has 1 N–H and O–H groups in total. The van der Waals surface area contributed by atoms with Crippen LogP contribution in [-0.2, 0) is 4.74 Å². The first-order valence-corrected chi connectivity index (χ1v) is 6.22. The maximum absolute atomic E-state index is 12.5. The van der Waals surface area contributed by atoms with Crippen LogP contribution in [0, 0.1) is 0 Å². The number of carbonyl (C=O) groups excluding carboxylic acids is 1. The highest BCUT2D eigenvalue weighted by Crippen LogP contribution is 2.28. The lowest BCUT2D eigenvalue weighted by Crippen LogP contribution is -2.55. The molecule has 2 rings (SSSR count). The Morgan fingerprint density at radius 3 is 2.79 bits per heavy atom. The summed E-state index contributed by atoms with van der Waals surface area (Å²) >= 11 is 0. The minimum absolute atomic E-state index is 0.0283. The summed E-state index contributed by atoms with van der Waals surface area (Å²) in [5.41, 5.74) is 0.110. The molecule has 0 aromatic heterocycles. The second-order valence-corrected chi connectivity index (χ2v) is 5.21. The van der Waals surface area contributed by atoms with Crippen molar-refractivity contribution >= 4 is 5.91 Å². The average molecular weight is 265 g/mol. The van der Waals surface area contributed by atoms with Crippen LogP contribution in [0.25, 0.3) is 0 Å². The zero-order valence-electron chi connectivity index (χ0n) is 11.5. The molecule has 0 aliphatic carbocycles. The van der Waals surface area contributed by atoms with Crippen LogP contribution in [0.3, 0.4) is 0 Å². The van der Waals surface area contributed by atoms with E-state index < -0.39 is 0 Å². The van der Waals surface area contributed by atoms with Crippen molar-refractivity contribution in [2.24, 2.45) is 0 Å². The summed E-state index contributed by atoms with van der Waals surface area (Å²) in [4.78, 5) is 14.3. The Hall–Kier alpha value is -1.75. The molecule has 0 unspecified atom stereocenters. The standard InChI is InChI=1S/C14H19NO4/c1-14(2)9-19-7-6-15(14)13(17)10-4-5-12(18-3)11(16)8-10/h4-5,8,16H,6-7,9H2,1-3H3. The van der Waals surface area contributed by atoms with E-state index in [1.54, 1.807) is 17.0 Å². The summed E-state index contributed by atoms with van der Waals surface area (Å²) in [6.07, 6.45) is 0. The van der Waals surface area contributed by atoms with Crippen molar-refractivity contribution in [3.8, 4) is 11.5 Å². The van der Waals surface area contributed by atoms with Gasteiger partial charge < -0.3 is 19.5 Å². The number of carbonyl (C=O) groups is 1. The number of aromatic hydroxyl groups is 1. The van der Waals surface area contributed by atoms with Crippen molar-refractivity contribution in [3.63, 3.8) is 0 Å². The Balaban J connectivity index is 2.26. The van der Waals surface area contributed by atoms with Crippen LogP contribution >= 0.6 is 0 Å². The molecule has 0 bridgehead atoms. The highest BCUT2D eigenvalue weighted by Gasteiger charge is 2.34. The van der Waals surface area contributed by atoms with E-state index in [0.717, 1.165) is 0 Å². The fourth-order valence-corrected chi connectivity index (χ4v) is 2.21. The fraction of sp³-hybridized carbons (Fsp3) is 0.500. The number of rotatable bonds is 2. The number of hydrogen-bond acceptors (Lipinski definition) is 4. The zero-order valence-corrected chi connectivity index (χ0v) is 11.5. The highest BCUT2D eigenvalue weighted by atomic mass is 16.5. The topological polar surface area (TPSA) is 59.0 Å². The quantitative estimate of drug-likeness (QED) is 0.883. The highest BCUT2D eigenvalue weighted by molar-refractivity contribution is 5.95. The Kier molecular flexibility index (Phi) is 3.66. The van der Waals surface area contributed by atoms with E-state index in [9.17, 15) is 9.90 Å². The van der Waals surface area contributed by atoms with E-state index in [-0.39, 0.29) is 17.2 Å². The average Bonchev–Trinajstić information content (AvgIpc) is 2.37. The molecule has 1 aromatic carbocycles. The summed E-state index contributed by atoms with van der Waals surface area (Å²) in [6.45, 7) is 5.54. The lowest BCUT2D eigenvalue weighted by Gasteiger charge is -2.42. The van der Waals surface area contributed by atoms with Crippen molar-refractivity contribution in [1.82, 2.24) is 4.90 Å². The smallest absolute Gasteiger partial charge is 0.254 e. The summed E-state index contributed by atoms with van der Waals surface area (Å²) in [7, 11) is 1.47. The summed E-state index contributed by atoms with van der Waals surface area (Å²) in [5, 5.41) is 9.75. The van der Waals surface area contributed by atoms with E-state index in [0.29, 0.717) is 31.1 Å². The molecule has 0 spiro atoms. The van der Waals surface area contributed by atoms with Gasteiger partial charge in [0.15, 0.2) is 11.5 Å². The molecule has 5 heteroatoms. The van der Waals surface area contributed by atoms with E-state index >= 15 is 0 Å². The molecule has 1 aliphatic rings. The third-order valence-corrected chi connectivity index (χ3v) is 3.32. The van der Waals surface area contributed by atoms with E-state index in [2.05, 4.69) is 0 Å². The number of methoxy groups -OCH3 is 1. The SMILES string of the molecule is COc1ccc(C(=O)N2CCOCC2(C)C)cc1O. The molecule has 19 heavy (non-hydrogen) atoms. The van der Waals surface area contributed by atoms with Gasteiger partial charge >= 0.3 is 0 Å². The van der Waals surface area contributed by atoms with Crippen LogP contribution < -0.4 is 4.74 Å². The van der Waals surface area contributed by atoms with Crippen molar-refractivity contribution in [3.05, 3.63) is 23.8 Å². The molecule has 104 valence electrons. The van der Waals surface area contributed by atoms with Gasteiger partial charge in [0.05, 0.1) is 25.9 Å². The molecule has 1 aromatic rings. The number of phenolic OH excluding ortho intramolecular Hbond substituents is 1. The fourth-order valence-electron chi connectivity index (χ4n) is 2.21. The van der Waals surface area contributed by atoms with Crippen LogP contribution in [0.4, 0.5) is 0 Å². The number of amides is 1. The molecule has 5 nitrogen and oxygen atoms in total. The van der Waals surface area contributed by atoms with Crippen LogP contribution in [-0.4, -0.2) is 48.3 Å². The first-order chi connectivity index (χ1) is 8.95. The van der Waals surface area contributed by atoms with Gasteiger partial charge in [-0.15, -0.1) is 0 Å². The van der Waals surface area contributed by atoms with Crippen LogP contribution in [0.15, 0.2) is 18.2 Å². The van der Waals surface area contributed by atoms with Crippen LogP contribution in [0.2, 0.25) is 0 Å². The van der Waals surface area contributed by atoms with Crippen LogP contribution in [0.5, 0.6) is 11.5 Å². The predicted molar refractivity (Wildman–Crippen MR) is 70.6 cm³/mol. The van der Waals surface area contributed by atoms with E-state index in [1.165, 1.54) is 13.2 Å². The van der Waals surface area contributed by atoms with Gasteiger partial charge in [-0.3, -0.25) is 4.79 Å². The van der Waals surface area contributed by atoms with Gasteiger partial charge in [-0.2, -0.15) is 0 Å². The van der Waals surface area contributed by atoms with Crippen molar-refractivity contribution in [2.75, 3.05) is 26.9 Å². The second-order valence-electron chi connectivity index (χ2n) is 5.21. The third kappa shape index (κ3) is 2.66. The Morgan fingerprint density at radius 2 is 2.21 bits per heavy atom. The molecule has 0 radical (unpaired) electrons. The molecule has 1 amide bonds. The summed E-state index contributed by atoms with van der Waals surface area (Å²) in [5.74, 6) is 0.225. The van der Waals surface area contributed by atoms with Gasteiger partial charge in [0.2, 0.25) is 0 Å². The van der Waals surface area contributed by atoms with Gasteiger partial charge in [-0.25, -0.2) is 0 Å². The molecular weight excluding hydrogens is 246 g/mol. The molecule has 1 heterocycles. The van der Waals surface area contributed by atoms with Gasteiger partial charge in [0, 0.05) is 12.1 Å². The molecule has 1 aliphatic heterocycles. The number of morpholine rings is 1. The Bertz CT molecular complexity index is 484. The number of phenols is 1. The summed E-state index contributed by atoms with van der Waals surface area (Å²) in [6, 6.07) is 4.69. The van der Waals surface area contributed by atoms with Crippen molar-refractivity contribution in [2.45, 2.75) is 19.4 Å². The second kappa shape index (κ2) is 5.09. The van der Waals surface area contributed by atoms with Crippen LogP contribution in [0.1, 0.15) is 24.2 Å². The molecule has 0 atom stereocenters. The maximum Gasteiger partial charge on any atom is 0.254 e. The monoisotopic (exact) mass is 265 g/mol. The van der Waals surface area contributed by atoms with Gasteiger partial charge in [0.1, 0.15) is 0 Å².